The minimum atomic E-state index is -5.90. The number of nitrogens with zero attached hydrogens (tertiary/aromatic N) is 1. The Balaban J connectivity index is 3.75. The Morgan fingerprint density at radius 2 is 1.58 bits per heavy atom. The van der Waals surface area contributed by atoms with E-state index in [-0.39, 0.29) is 0 Å². The van der Waals surface area contributed by atoms with E-state index in [1.165, 1.54) is 0 Å². The third-order valence-electron chi connectivity index (χ3n) is 3.04. The molecule has 0 aromatic heterocycles. The van der Waals surface area contributed by atoms with Crippen LogP contribution in [0.3, 0.4) is 0 Å². The van der Waals surface area contributed by atoms with Crippen molar-refractivity contribution >= 4 is 0 Å². The average Bonchev–Trinajstić information content (AvgIpc) is 2.24. The number of hydrogen-bond donors (Lipinski definition) is 0. The second-order valence-electron chi connectivity index (χ2n) is 4.44. The Labute approximate surface area is 102 Å². The summed E-state index contributed by atoms with van der Waals surface area (Å²) in [5.74, 6) is -22.2. The molecule has 2 unspecified atom stereocenters. The molecule has 0 fully saturated rings. The minimum absolute atomic E-state index is 0.724. The summed E-state index contributed by atoms with van der Waals surface area (Å²) in [5, 5.41) is 10.3. The number of alkyl halides is 6. The van der Waals surface area contributed by atoms with Crippen LogP contribution in [0.5, 0.6) is 0 Å². The number of nitro groups is 1. The highest BCUT2D eigenvalue weighted by atomic mass is 19.3. The Morgan fingerprint density at radius 3 is 1.89 bits per heavy atom. The van der Waals surface area contributed by atoms with E-state index in [1.807, 2.05) is 0 Å². The quantitative estimate of drug-likeness (QED) is 0.339. The average molecular weight is 295 g/mol. The van der Waals surface area contributed by atoms with Crippen LogP contribution in [0.4, 0.5) is 30.7 Å². The Morgan fingerprint density at radius 1 is 1.16 bits per heavy atom. The lowest BCUT2D eigenvalue weighted by Gasteiger charge is -2.42. The van der Waals surface area contributed by atoms with Gasteiger partial charge in [0.2, 0.25) is 5.67 Å². The van der Waals surface area contributed by atoms with E-state index in [2.05, 4.69) is 0 Å². The highest BCUT2D eigenvalue weighted by Gasteiger charge is 2.90. The van der Waals surface area contributed by atoms with Crippen LogP contribution in [0.25, 0.3) is 0 Å². The van der Waals surface area contributed by atoms with Gasteiger partial charge in [-0.25, -0.2) is 8.78 Å². The molecule has 0 spiro atoms. The fraction of sp³-hybridized carbons (Fsp3) is 0.778. The summed E-state index contributed by atoms with van der Waals surface area (Å²) < 4.78 is 94.0. The third-order valence-corrected chi connectivity index (χ3v) is 3.04. The van der Waals surface area contributed by atoms with E-state index in [1.54, 1.807) is 0 Å². The molecule has 0 bridgehead atoms. The monoisotopic (exact) mass is 295 g/mol. The lowest BCUT2D eigenvalue weighted by Crippen LogP contribution is -2.72. The van der Waals surface area contributed by atoms with Gasteiger partial charge in [-0.15, -0.1) is 0 Å². The summed E-state index contributed by atoms with van der Waals surface area (Å²) in [5.41, 5.74) is -4.25. The summed E-state index contributed by atoms with van der Waals surface area (Å²) in [6.45, 7) is 1.45. The van der Waals surface area contributed by atoms with Crippen LogP contribution in [-0.2, 0) is 0 Å². The first-order valence-electron chi connectivity index (χ1n) is 4.93. The van der Waals surface area contributed by atoms with Crippen LogP contribution in [0, 0.1) is 16.0 Å². The van der Waals surface area contributed by atoms with E-state index < -0.39 is 46.1 Å². The second-order valence-corrected chi connectivity index (χ2v) is 4.44. The van der Waals surface area contributed by atoms with E-state index in [4.69, 9.17) is 0 Å². The molecule has 1 aliphatic rings. The molecular weight excluding hydrogens is 287 g/mol. The van der Waals surface area contributed by atoms with Crippen LogP contribution < -0.4 is 0 Å². The summed E-state index contributed by atoms with van der Waals surface area (Å²) in [6.07, 6.45) is -0.793. The zero-order valence-corrected chi connectivity index (χ0v) is 9.56. The zero-order chi connectivity index (χ0) is 15.4. The first-order chi connectivity index (χ1) is 8.26. The minimum Gasteiger partial charge on any atom is -0.261 e. The molecule has 0 aromatic rings. The van der Waals surface area contributed by atoms with Crippen LogP contribution in [0.1, 0.15) is 13.8 Å². The molecule has 3 nitrogen and oxygen atoms in total. The second kappa shape index (κ2) is 3.83. The smallest absolute Gasteiger partial charge is 0.261 e. The van der Waals surface area contributed by atoms with E-state index in [9.17, 15) is 40.8 Å². The van der Waals surface area contributed by atoms with Gasteiger partial charge >= 0.3 is 17.6 Å². The molecule has 0 N–H and O–H groups in total. The van der Waals surface area contributed by atoms with Crippen molar-refractivity contribution in [1.82, 2.24) is 0 Å². The fourth-order valence-electron chi connectivity index (χ4n) is 1.73. The van der Waals surface area contributed by atoms with Gasteiger partial charge in [0.25, 0.3) is 0 Å². The van der Waals surface area contributed by atoms with Gasteiger partial charge in [-0.05, 0) is 12.0 Å². The van der Waals surface area contributed by atoms with Gasteiger partial charge in [-0.2, -0.15) is 22.0 Å². The molecule has 0 aromatic carbocycles. The molecule has 19 heavy (non-hydrogen) atoms. The van der Waals surface area contributed by atoms with Crippen molar-refractivity contribution in [3.05, 3.63) is 22.0 Å². The maximum Gasteiger partial charge on any atom is 0.493 e. The van der Waals surface area contributed by atoms with Crippen LogP contribution in [0.2, 0.25) is 0 Å². The molecule has 0 saturated heterocycles. The van der Waals surface area contributed by atoms with Gasteiger partial charge in [0.15, 0.2) is 5.83 Å². The van der Waals surface area contributed by atoms with Gasteiger partial charge in [0.05, 0.1) is 4.92 Å². The Hall–Kier alpha value is -1.35. The molecule has 0 aliphatic heterocycles. The molecule has 2 atom stereocenters. The number of hydrogen-bond acceptors (Lipinski definition) is 2. The third kappa shape index (κ3) is 1.51. The predicted molar refractivity (Wildman–Crippen MR) is 48.6 cm³/mol. The van der Waals surface area contributed by atoms with Crippen molar-refractivity contribution in [2.75, 3.05) is 0 Å². The molecule has 0 heterocycles. The molecule has 110 valence electrons. The lowest BCUT2D eigenvalue weighted by atomic mass is 9.74. The zero-order valence-electron chi connectivity index (χ0n) is 9.56. The lowest BCUT2D eigenvalue weighted by molar-refractivity contribution is -0.672. The highest BCUT2D eigenvalue weighted by Crippen LogP contribution is 2.60. The number of halogens is 7. The topological polar surface area (TPSA) is 43.1 Å². The summed E-state index contributed by atoms with van der Waals surface area (Å²) in [6, 6.07) is 0. The van der Waals surface area contributed by atoms with E-state index in [0.717, 1.165) is 13.8 Å². The maximum absolute atomic E-state index is 14.0. The standard InChI is InChI=1S/C9H8F7NO2/c1-4(2)6(11)3-5(10)7(12,13)9(16,17(18)19)8(6,14)15/h3-4H,1-2H3. The van der Waals surface area contributed by atoms with Crippen molar-refractivity contribution < 1.29 is 35.7 Å². The van der Waals surface area contributed by atoms with Crippen molar-refractivity contribution in [3.63, 3.8) is 0 Å². The molecule has 1 aliphatic carbocycles. The van der Waals surface area contributed by atoms with Crippen molar-refractivity contribution in [2.45, 2.75) is 37.2 Å². The van der Waals surface area contributed by atoms with Crippen LogP contribution in [-0.4, -0.2) is 28.2 Å². The van der Waals surface area contributed by atoms with Crippen LogP contribution >= 0.6 is 0 Å². The highest BCUT2D eigenvalue weighted by molar-refractivity contribution is 5.30. The van der Waals surface area contributed by atoms with Gasteiger partial charge in [-0.3, -0.25) is 10.1 Å². The molecule has 0 saturated carbocycles. The van der Waals surface area contributed by atoms with Gasteiger partial charge in [0.1, 0.15) is 0 Å². The summed E-state index contributed by atoms with van der Waals surface area (Å²) in [4.78, 5) is 7.58. The van der Waals surface area contributed by atoms with Gasteiger partial charge in [-0.1, -0.05) is 13.8 Å². The van der Waals surface area contributed by atoms with E-state index >= 15 is 0 Å². The number of rotatable bonds is 2. The molecule has 0 amide bonds. The largest absolute Gasteiger partial charge is 0.493 e. The SMILES string of the molecule is CC(C)C1(F)C=C(F)C(F)(F)C(F)([N+](=O)[O-])C1(F)F. The van der Waals surface area contributed by atoms with Gasteiger partial charge in [0, 0.05) is 0 Å². The normalized spacial score (nSPS) is 37.1. The molecule has 0 radical (unpaired) electrons. The van der Waals surface area contributed by atoms with Crippen molar-refractivity contribution in [1.29, 1.82) is 0 Å². The van der Waals surface area contributed by atoms with Gasteiger partial charge < -0.3 is 0 Å². The van der Waals surface area contributed by atoms with Crippen molar-refractivity contribution in [3.8, 4) is 0 Å². The predicted octanol–water partition coefficient (Wildman–Crippen LogP) is 3.43. The molecular formula is C9H8F7NO2. The molecule has 10 heteroatoms. The first kappa shape index (κ1) is 15.7. The summed E-state index contributed by atoms with van der Waals surface area (Å²) >= 11 is 0. The van der Waals surface area contributed by atoms with Crippen molar-refractivity contribution in [2.24, 2.45) is 5.92 Å². The number of allylic oxidation sites excluding steroid dienone is 1. The fourth-order valence-corrected chi connectivity index (χ4v) is 1.73. The van der Waals surface area contributed by atoms with Crippen LogP contribution in [0.15, 0.2) is 11.9 Å². The Bertz CT molecular complexity index is 450. The Kier molecular flexibility index (Phi) is 3.16. The van der Waals surface area contributed by atoms with E-state index in [0.29, 0.717) is 0 Å². The molecule has 1 rings (SSSR count). The maximum atomic E-state index is 14.0. The summed E-state index contributed by atoms with van der Waals surface area (Å²) in [7, 11) is 0. The first-order valence-corrected chi connectivity index (χ1v) is 4.93.